The zero-order valence-corrected chi connectivity index (χ0v) is 8.42. The van der Waals surface area contributed by atoms with Crippen molar-refractivity contribution in [2.24, 2.45) is 5.73 Å². The zero-order valence-electron chi connectivity index (χ0n) is 8.42. The Kier molecular flexibility index (Phi) is 3.50. The highest BCUT2D eigenvalue weighted by molar-refractivity contribution is 5.83. The maximum Gasteiger partial charge on any atom is 0.250 e. The molecule has 0 aromatic carbocycles. The smallest absolute Gasteiger partial charge is 0.250 e. The molecule has 0 spiro atoms. The molecule has 4 nitrogen and oxygen atoms in total. The minimum absolute atomic E-state index is 0.341. The molecular weight excluding hydrogens is 180 g/mol. The Morgan fingerprint density at radius 3 is 2.93 bits per heavy atom. The topological polar surface area (TPSA) is 66.6 Å². The molecule has 14 heavy (non-hydrogen) atoms. The molecule has 0 radical (unpaired) electrons. The van der Waals surface area contributed by atoms with Gasteiger partial charge < -0.3 is 10.8 Å². The van der Waals surface area contributed by atoms with E-state index >= 15 is 0 Å². The SMILES string of the molecule is CC#CCCN1CCC(O)(C(N)=O)C1. The molecule has 0 aromatic rings. The number of β-amino-alcohol motifs (C(OH)–C–C–N with tert-alkyl or cyclic N) is 1. The molecule has 1 rings (SSSR count). The van der Waals surface area contributed by atoms with Crippen molar-refractivity contribution < 1.29 is 9.90 Å². The fourth-order valence-corrected chi connectivity index (χ4v) is 1.60. The first-order valence-corrected chi connectivity index (χ1v) is 4.73. The Hall–Kier alpha value is -1.05. The summed E-state index contributed by atoms with van der Waals surface area (Å²) in [5, 5.41) is 9.74. The van der Waals surface area contributed by atoms with Gasteiger partial charge in [-0.05, 0) is 13.3 Å². The van der Waals surface area contributed by atoms with Crippen LogP contribution >= 0.6 is 0 Å². The Morgan fingerprint density at radius 1 is 1.71 bits per heavy atom. The third-order valence-electron chi connectivity index (χ3n) is 2.52. The van der Waals surface area contributed by atoms with E-state index in [-0.39, 0.29) is 0 Å². The van der Waals surface area contributed by atoms with Crippen molar-refractivity contribution in [3.63, 3.8) is 0 Å². The Balaban J connectivity index is 2.40. The number of aliphatic hydroxyl groups is 1. The second-order valence-electron chi connectivity index (χ2n) is 3.60. The van der Waals surface area contributed by atoms with E-state index in [2.05, 4.69) is 11.8 Å². The summed E-state index contributed by atoms with van der Waals surface area (Å²) < 4.78 is 0. The van der Waals surface area contributed by atoms with Gasteiger partial charge in [0, 0.05) is 26.1 Å². The van der Waals surface area contributed by atoms with E-state index in [0.717, 1.165) is 13.0 Å². The molecule has 78 valence electrons. The molecule has 1 saturated heterocycles. The minimum atomic E-state index is -1.32. The molecular formula is C10H16N2O2. The maximum absolute atomic E-state index is 10.9. The molecule has 0 aliphatic carbocycles. The van der Waals surface area contributed by atoms with E-state index < -0.39 is 11.5 Å². The first-order valence-electron chi connectivity index (χ1n) is 4.73. The van der Waals surface area contributed by atoms with E-state index in [4.69, 9.17) is 5.73 Å². The fourth-order valence-electron chi connectivity index (χ4n) is 1.60. The van der Waals surface area contributed by atoms with Crippen LogP contribution in [0.5, 0.6) is 0 Å². The van der Waals surface area contributed by atoms with Crippen molar-refractivity contribution in [2.45, 2.75) is 25.4 Å². The van der Waals surface area contributed by atoms with Gasteiger partial charge in [0.1, 0.15) is 0 Å². The third-order valence-corrected chi connectivity index (χ3v) is 2.52. The van der Waals surface area contributed by atoms with Crippen LogP contribution in [0.1, 0.15) is 19.8 Å². The number of carbonyl (C=O) groups excluding carboxylic acids is 1. The van der Waals surface area contributed by atoms with E-state index in [0.29, 0.717) is 19.5 Å². The van der Waals surface area contributed by atoms with Gasteiger partial charge in [-0.2, -0.15) is 0 Å². The average Bonchev–Trinajstić information content (AvgIpc) is 2.50. The van der Waals surface area contributed by atoms with Crippen LogP contribution in [0.3, 0.4) is 0 Å². The zero-order chi connectivity index (χ0) is 10.6. The first kappa shape index (κ1) is 11.0. The molecule has 0 aromatic heterocycles. The predicted octanol–water partition coefficient (Wildman–Crippen LogP) is -0.678. The number of rotatable bonds is 3. The molecule has 1 atom stereocenters. The lowest BCUT2D eigenvalue weighted by atomic mass is 10.0. The fraction of sp³-hybridized carbons (Fsp3) is 0.700. The van der Waals surface area contributed by atoms with Crippen LogP contribution in [-0.4, -0.2) is 41.1 Å². The van der Waals surface area contributed by atoms with Crippen LogP contribution in [0, 0.1) is 11.8 Å². The van der Waals surface area contributed by atoms with Gasteiger partial charge in [0.05, 0.1) is 0 Å². The number of hydrogen-bond donors (Lipinski definition) is 2. The number of hydrogen-bond acceptors (Lipinski definition) is 3. The maximum atomic E-state index is 10.9. The molecule has 1 amide bonds. The molecule has 1 aliphatic rings. The highest BCUT2D eigenvalue weighted by atomic mass is 16.3. The summed E-state index contributed by atoms with van der Waals surface area (Å²) in [6.07, 6.45) is 1.20. The van der Waals surface area contributed by atoms with Crippen LogP contribution in [-0.2, 0) is 4.79 Å². The van der Waals surface area contributed by atoms with Crippen molar-refractivity contribution >= 4 is 5.91 Å². The lowest BCUT2D eigenvalue weighted by Gasteiger charge is -2.19. The van der Waals surface area contributed by atoms with E-state index in [1.54, 1.807) is 6.92 Å². The summed E-state index contributed by atoms with van der Waals surface area (Å²) >= 11 is 0. The normalized spacial score (nSPS) is 27.0. The lowest BCUT2D eigenvalue weighted by Crippen LogP contribution is -2.46. The second-order valence-corrected chi connectivity index (χ2v) is 3.60. The third kappa shape index (κ3) is 2.47. The van der Waals surface area contributed by atoms with Crippen LogP contribution in [0.15, 0.2) is 0 Å². The van der Waals surface area contributed by atoms with E-state index in [1.165, 1.54) is 0 Å². The van der Waals surface area contributed by atoms with E-state index in [1.807, 2.05) is 4.90 Å². The van der Waals surface area contributed by atoms with Crippen molar-refractivity contribution in [1.29, 1.82) is 0 Å². The summed E-state index contributed by atoms with van der Waals surface area (Å²) in [5.74, 6) is 5.12. The van der Waals surface area contributed by atoms with Crippen molar-refractivity contribution in [2.75, 3.05) is 19.6 Å². The Labute approximate surface area is 84.1 Å². The number of nitrogens with zero attached hydrogens (tertiary/aromatic N) is 1. The number of carbonyl (C=O) groups is 1. The van der Waals surface area contributed by atoms with Gasteiger partial charge in [0.15, 0.2) is 5.60 Å². The summed E-state index contributed by atoms with van der Waals surface area (Å²) in [7, 11) is 0. The highest BCUT2D eigenvalue weighted by Gasteiger charge is 2.40. The number of amides is 1. The lowest BCUT2D eigenvalue weighted by molar-refractivity contribution is -0.134. The molecule has 1 heterocycles. The largest absolute Gasteiger partial charge is 0.379 e. The van der Waals surface area contributed by atoms with Gasteiger partial charge in [-0.15, -0.1) is 11.8 Å². The van der Waals surface area contributed by atoms with E-state index in [9.17, 15) is 9.90 Å². The van der Waals surface area contributed by atoms with Crippen LogP contribution < -0.4 is 5.73 Å². The number of nitrogens with two attached hydrogens (primary N) is 1. The minimum Gasteiger partial charge on any atom is -0.379 e. The second kappa shape index (κ2) is 4.45. The Bertz CT molecular complexity index is 280. The van der Waals surface area contributed by atoms with Crippen LogP contribution in [0.25, 0.3) is 0 Å². The highest BCUT2D eigenvalue weighted by Crippen LogP contribution is 2.20. The Morgan fingerprint density at radius 2 is 2.43 bits per heavy atom. The molecule has 1 unspecified atom stereocenters. The summed E-state index contributed by atoms with van der Waals surface area (Å²) in [4.78, 5) is 12.9. The average molecular weight is 196 g/mol. The molecule has 4 heteroatoms. The van der Waals surface area contributed by atoms with Gasteiger partial charge in [0.2, 0.25) is 0 Å². The van der Waals surface area contributed by atoms with Gasteiger partial charge in [0.25, 0.3) is 5.91 Å². The van der Waals surface area contributed by atoms with Crippen molar-refractivity contribution in [1.82, 2.24) is 4.90 Å². The summed E-state index contributed by atoms with van der Waals surface area (Å²) in [6.45, 7) is 3.64. The summed E-state index contributed by atoms with van der Waals surface area (Å²) in [5.41, 5.74) is 3.79. The number of likely N-dealkylation sites (tertiary alicyclic amines) is 1. The van der Waals surface area contributed by atoms with Gasteiger partial charge in [-0.25, -0.2) is 0 Å². The summed E-state index contributed by atoms with van der Waals surface area (Å²) in [6, 6.07) is 0. The molecule has 0 saturated carbocycles. The van der Waals surface area contributed by atoms with Gasteiger partial charge in [-0.3, -0.25) is 9.69 Å². The number of primary amides is 1. The van der Waals surface area contributed by atoms with Crippen molar-refractivity contribution in [3.05, 3.63) is 0 Å². The molecule has 1 aliphatic heterocycles. The molecule has 3 N–H and O–H groups in total. The quantitative estimate of drug-likeness (QED) is 0.588. The first-order chi connectivity index (χ1) is 6.58. The predicted molar refractivity (Wildman–Crippen MR) is 53.3 cm³/mol. The molecule has 1 fully saturated rings. The molecule has 0 bridgehead atoms. The monoisotopic (exact) mass is 196 g/mol. The van der Waals surface area contributed by atoms with Gasteiger partial charge in [-0.1, -0.05) is 0 Å². The van der Waals surface area contributed by atoms with Crippen molar-refractivity contribution in [3.8, 4) is 11.8 Å². The van der Waals surface area contributed by atoms with Crippen LogP contribution in [0.4, 0.5) is 0 Å². The van der Waals surface area contributed by atoms with Gasteiger partial charge >= 0.3 is 0 Å². The standard InChI is InChI=1S/C10H16N2O2/c1-2-3-4-6-12-7-5-10(14,8-12)9(11)13/h14H,4-8H2,1H3,(H2,11,13). The van der Waals surface area contributed by atoms with Crippen LogP contribution in [0.2, 0.25) is 0 Å².